The zero-order chi connectivity index (χ0) is 66.8. The van der Waals surface area contributed by atoms with Crippen LogP contribution < -0.4 is 5.32 Å². The number of azide groups is 1. The monoisotopic (exact) mass is 1310 g/mol. The fourth-order valence-electron chi connectivity index (χ4n) is 12.1. The van der Waals surface area contributed by atoms with Gasteiger partial charge < -0.3 is 85.8 Å². The van der Waals surface area contributed by atoms with Gasteiger partial charge in [-0.15, -0.1) is 0 Å². The van der Waals surface area contributed by atoms with Gasteiger partial charge in [0.25, 0.3) is 0 Å². The lowest BCUT2D eigenvalue weighted by molar-refractivity contribution is -0.368. The number of methoxy groups -OCH3 is 2. The largest absolute Gasteiger partial charge is 0.509 e. The number of hydrogen-bond donors (Lipinski definition) is 1. The topological polar surface area (TPSA) is 303 Å². The fraction of sp³-hybridized carbons (Fsp3) is 0.464. The predicted molar refractivity (Wildman–Crippen MR) is 332 cm³/mol. The summed E-state index contributed by atoms with van der Waals surface area (Å²) < 4.78 is 109. The van der Waals surface area contributed by atoms with E-state index in [0.717, 1.165) is 23.8 Å². The Morgan fingerprint density at radius 1 is 0.547 bits per heavy atom. The molecule has 20 atom stereocenters. The van der Waals surface area contributed by atoms with E-state index in [4.69, 9.17) is 80.5 Å². The zero-order valence-electron chi connectivity index (χ0n) is 53.0. The number of benzene rings is 5. The molecule has 26 heteroatoms. The van der Waals surface area contributed by atoms with Crippen LogP contribution in [0, 0.1) is 0 Å². The summed E-state index contributed by atoms with van der Waals surface area (Å²) in [5.74, 6) is -2.61. The molecule has 95 heavy (non-hydrogen) atoms. The Hall–Kier alpha value is -8.34. The molecule has 0 aliphatic carbocycles. The number of amides is 1. The predicted octanol–water partition coefficient (Wildman–Crippen LogP) is 8.70. The van der Waals surface area contributed by atoms with Crippen molar-refractivity contribution in [2.24, 2.45) is 5.11 Å². The first-order chi connectivity index (χ1) is 46.3. The van der Waals surface area contributed by atoms with Crippen molar-refractivity contribution in [2.75, 3.05) is 20.8 Å². The normalized spacial score (nSPS) is 31.0. The molecule has 5 fully saturated rings. The van der Waals surface area contributed by atoms with E-state index in [1.54, 1.807) is 74.5 Å². The third-order valence-corrected chi connectivity index (χ3v) is 16.7. The van der Waals surface area contributed by atoms with Crippen molar-refractivity contribution in [1.82, 2.24) is 5.32 Å². The summed E-state index contributed by atoms with van der Waals surface area (Å²) in [6, 6.07) is 42.5. The summed E-state index contributed by atoms with van der Waals surface area (Å²) in [6.07, 6.45) is -25.4. The van der Waals surface area contributed by atoms with Gasteiger partial charge in [-0.1, -0.05) is 171 Å². The van der Waals surface area contributed by atoms with E-state index in [1.807, 2.05) is 97.9 Å². The van der Waals surface area contributed by atoms with E-state index in [-0.39, 0.29) is 45.0 Å². The van der Waals surface area contributed by atoms with Crippen molar-refractivity contribution < 1.29 is 104 Å². The Morgan fingerprint density at radius 3 is 1.51 bits per heavy atom. The van der Waals surface area contributed by atoms with Gasteiger partial charge in [0.2, 0.25) is 0 Å². The molecule has 0 spiro atoms. The van der Waals surface area contributed by atoms with Gasteiger partial charge in [-0.2, -0.15) is 0 Å². The van der Waals surface area contributed by atoms with Crippen LogP contribution in [0.15, 0.2) is 169 Å². The molecule has 1 N–H and O–H groups in total. The van der Waals surface area contributed by atoms with E-state index in [2.05, 4.69) is 21.9 Å². The number of carbonyl (C=O) groups is 5. The average Bonchev–Trinajstić information content (AvgIpc) is 1.75. The molecular weight excluding hydrogens is 1240 g/mol. The second-order valence-corrected chi connectivity index (χ2v) is 22.9. The third kappa shape index (κ3) is 17.2. The second-order valence-electron chi connectivity index (χ2n) is 22.9. The summed E-state index contributed by atoms with van der Waals surface area (Å²) in [7, 11) is 2.29. The van der Waals surface area contributed by atoms with E-state index >= 15 is 0 Å². The van der Waals surface area contributed by atoms with Gasteiger partial charge in [-0.25, -0.2) is 24.0 Å². The molecule has 26 nitrogen and oxygen atoms in total. The third-order valence-electron chi connectivity index (χ3n) is 16.7. The van der Waals surface area contributed by atoms with Gasteiger partial charge in [0.05, 0.1) is 64.5 Å². The molecule has 0 aromatic heterocycles. The van der Waals surface area contributed by atoms with Crippen molar-refractivity contribution in [2.45, 2.75) is 183 Å². The van der Waals surface area contributed by atoms with Crippen molar-refractivity contribution in [3.05, 3.63) is 203 Å². The Kier molecular flexibility index (Phi) is 24.8. The Morgan fingerprint density at radius 2 is 1.00 bits per heavy atom. The summed E-state index contributed by atoms with van der Waals surface area (Å²) in [5.41, 5.74) is 13.6. The summed E-state index contributed by atoms with van der Waals surface area (Å²) in [4.78, 5) is 73.5. The number of nitrogens with zero attached hydrogens (tertiary/aromatic N) is 3. The molecule has 10 rings (SSSR count). The van der Waals surface area contributed by atoms with Gasteiger partial charge in [0, 0.05) is 4.91 Å². The molecule has 5 saturated heterocycles. The lowest BCUT2D eigenvalue weighted by Crippen LogP contribution is -2.68. The Balaban J connectivity index is 0.998. The van der Waals surface area contributed by atoms with Gasteiger partial charge in [0.15, 0.2) is 49.4 Å². The Bertz CT molecular complexity index is 3340. The van der Waals surface area contributed by atoms with E-state index < -0.39 is 153 Å². The highest BCUT2D eigenvalue weighted by molar-refractivity contribution is 5.89. The lowest BCUT2D eigenvalue weighted by Gasteiger charge is -2.50. The first-order valence-electron chi connectivity index (χ1n) is 31.4. The lowest BCUT2D eigenvalue weighted by atomic mass is 9.92. The van der Waals surface area contributed by atoms with Crippen LogP contribution >= 0.6 is 0 Å². The maximum atomic E-state index is 14.6. The molecular formula is C69H78N4O22. The van der Waals surface area contributed by atoms with Gasteiger partial charge >= 0.3 is 30.2 Å². The summed E-state index contributed by atoms with van der Waals surface area (Å²) >= 11 is 0. The van der Waals surface area contributed by atoms with Crippen molar-refractivity contribution >= 4 is 30.2 Å². The molecule has 5 aromatic rings. The van der Waals surface area contributed by atoms with Gasteiger partial charge in [-0.3, -0.25) is 0 Å². The van der Waals surface area contributed by atoms with E-state index in [9.17, 15) is 29.5 Å². The number of rotatable bonds is 28. The van der Waals surface area contributed by atoms with Crippen LogP contribution in [-0.2, 0) is 117 Å². The van der Waals surface area contributed by atoms with Crippen LogP contribution in [0.2, 0.25) is 0 Å². The number of carbonyl (C=O) groups excluding carboxylic acids is 5. The SMILES string of the molecule is C=CCOC(=O)OC1[C@H](O[C@H]2C(CC)O[C@@H](O[C@H]3C(C(=O)OC)O[C@@H](C)C(OC(=O)c4ccccc4)[C@@H]3OCc3ccccc3)C3NC(=O)O[C@H]32)OC(C(=O)OC)[C@H](O[C@@H]2OC(CC)[C@H](OCc3ccccc3)[C@H](OCc3ccccc3)C2N=[N+]=[N-])[C@@H]1OCc1ccccc1. The standard InChI is InChI=1S/C69H78N4O22/c1-7-35-81-69(78)95-61-56(85-39-44-31-21-13-22-32-44)58(92-66-49(72-73-70)53(83-37-42-27-17-11-18-28-42)51(46(8-2)87-66)82-36-41-25-15-10-16-26-41)60(64(76)80-6)93-67(61)90-52-47(9-3)88-65(48-54(52)94-68(77)71-48)91-57-55(84-38-43-29-19-12-20-30-43)50(40(4)86-59(57)63(75)79-5)89-62(74)45-33-23-14-24-34-45/h7,10-34,40,46-61,65-67H,1,8-9,35-39H2,2-6H3,(H,71,77)/t40-,46?,47?,48?,49?,50?,51-,52-,53+,54+,55-,56-,57+,58+,59?,60?,61?,65-,66-,67+/m0/s1. The van der Waals surface area contributed by atoms with Crippen LogP contribution in [0.5, 0.6) is 0 Å². The van der Waals surface area contributed by atoms with Crippen LogP contribution in [0.4, 0.5) is 9.59 Å². The molecule has 0 bridgehead atoms. The van der Waals surface area contributed by atoms with Crippen molar-refractivity contribution in [3.63, 3.8) is 0 Å². The highest BCUT2D eigenvalue weighted by Crippen LogP contribution is 2.41. The summed E-state index contributed by atoms with van der Waals surface area (Å²) in [6.45, 7) is 8.50. The highest BCUT2D eigenvalue weighted by Gasteiger charge is 2.62. The highest BCUT2D eigenvalue weighted by atomic mass is 16.8. The molecule has 1 amide bonds. The minimum absolute atomic E-state index is 0.0428. The van der Waals surface area contributed by atoms with Gasteiger partial charge in [-0.05, 0) is 59.7 Å². The molecule has 0 radical (unpaired) electrons. The number of fused-ring (bicyclic) bond motifs is 1. The fourth-order valence-corrected chi connectivity index (χ4v) is 12.1. The Labute approximate surface area is 549 Å². The maximum Gasteiger partial charge on any atom is 0.509 e. The number of alkyl carbamates (subject to hydrolysis) is 1. The molecule has 8 unspecified atom stereocenters. The summed E-state index contributed by atoms with van der Waals surface area (Å²) in [5, 5.41) is 6.99. The second kappa shape index (κ2) is 33.9. The number of nitrogens with one attached hydrogen (secondary N) is 1. The molecule has 5 aromatic carbocycles. The van der Waals surface area contributed by atoms with Crippen LogP contribution in [-0.4, -0.2) is 173 Å². The minimum Gasteiger partial charge on any atom is -0.467 e. The zero-order valence-corrected chi connectivity index (χ0v) is 53.0. The number of ether oxygens (including phenoxy) is 17. The quantitative estimate of drug-likeness (QED) is 0.0122. The van der Waals surface area contributed by atoms with Crippen LogP contribution in [0.3, 0.4) is 0 Å². The molecule has 5 aliphatic heterocycles. The van der Waals surface area contributed by atoms with Crippen LogP contribution in [0.25, 0.3) is 10.4 Å². The van der Waals surface area contributed by atoms with Crippen molar-refractivity contribution in [3.8, 4) is 0 Å². The van der Waals surface area contributed by atoms with E-state index in [1.165, 1.54) is 13.2 Å². The molecule has 5 aliphatic rings. The minimum atomic E-state index is -1.87. The molecule has 5 heterocycles. The van der Waals surface area contributed by atoms with Gasteiger partial charge in [0.1, 0.15) is 61.4 Å². The molecule has 0 saturated carbocycles. The van der Waals surface area contributed by atoms with E-state index in [0.29, 0.717) is 12.0 Å². The number of esters is 3. The smallest absolute Gasteiger partial charge is 0.467 e. The first kappa shape index (κ1) is 69.5. The number of hydrogen-bond acceptors (Lipinski definition) is 23. The first-order valence-corrected chi connectivity index (χ1v) is 31.4. The van der Waals surface area contributed by atoms with Crippen LogP contribution in [0.1, 0.15) is 66.2 Å². The average molecular weight is 1320 g/mol. The van der Waals surface area contributed by atoms with Crippen molar-refractivity contribution in [1.29, 1.82) is 0 Å². The maximum absolute atomic E-state index is 14.6. The molecule has 506 valence electrons.